The molecule has 2 aliphatic heterocycles. The van der Waals surface area contributed by atoms with Gasteiger partial charge in [0, 0.05) is 50.1 Å². The van der Waals surface area contributed by atoms with Gasteiger partial charge in [-0.3, -0.25) is 4.79 Å². The van der Waals surface area contributed by atoms with Crippen molar-refractivity contribution >= 4 is 11.7 Å². The number of aromatic nitrogens is 2. The molecule has 154 valence electrons. The molecule has 0 saturated carbocycles. The lowest BCUT2D eigenvalue weighted by molar-refractivity contribution is -0.137. The molecule has 1 aromatic heterocycles. The monoisotopic (exact) mass is 406 g/mol. The van der Waals surface area contributed by atoms with E-state index in [4.69, 9.17) is 0 Å². The van der Waals surface area contributed by atoms with Gasteiger partial charge in [0.25, 0.3) is 0 Å². The molecule has 1 N–H and O–H groups in total. The van der Waals surface area contributed by atoms with Crippen LogP contribution in [0.4, 0.5) is 19.0 Å². The molecule has 3 heterocycles. The Bertz CT molecular complexity index is 954. The molecule has 1 amide bonds. The van der Waals surface area contributed by atoms with E-state index in [0.29, 0.717) is 18.7 Å². The van der Waals surface area contributed by atoms with Crippen LogP contribution in [0.15, 0.2) is 18.2 Å². The topological polar surface area (TPSA) is 69.6 Å². The van der Waals surface area contributed by atoms with E-state index < -0.39 is 17.5 Å². The first-order valence-corrected chi connectivity index (χ1v) is 9.40. The summed E-state index contributed by atoms with van der Waals surface area (Å²) in [7, 11) is 1.80. The van der Waals surface area contributed by atoms with Gasteiger partial charge >= 0.3 is 6.18 Å². The SMILES string of the molecule is Cc1cc(C(F)(F)F)cc(O)c1-c1cc2c(nn1)N(C[C@@H]1CC(=O)N(C)C1)CC2. The van der Waals surface area contributed by atoms with E-state index in [2.05, 4.69) is 15.1 Å². The highest BCUT2D eigenvalue weighted by Gasteiger charge is 2.33. The van der Waals surface area contributed by atoms with Crippen molar-refractivity contribution in [1.29, 1.82) is 0 Å². The van der Waals surface area contributed by atoms with Crippen molar-refractivity contribution in [2.75, 3.05) is 31.6 Å². The summed E-state index contributed by atoms with van der Waals surface area (Å²) in [5, 5.41) is 18.7. The smallest absolute Gasteiger partial charge is 0.416 e. The van der Waals surface area contributed by atoms with Gasteiger partial charge in [0.2, 0.25) is 5.91 Å². The Morgan fingerprint density at radius 3 is 2.62 bits per heavy atom. The van der Waals surface area contributed by atoms with E-state index in [1.165, 1.54) is 6.92 Å². The molecule has 0 bridgehead atoms. The first kappa shape index (κ1) is 19.5. The summed E-state index contributed by atoms with van der Waals surface area (Å²) in [6.45, 7) is 3.69. The number of fused-ring (bicyclic) bond motifs is 1. The summed E-state index contributed by atoms with van der Waals surface area (Å²) in [5.41, 5.74) is 0.938. The second-order valence-corrected chi connectivity index (χ2v) is 7.80. The van der Waals surface area contributed by atoms with Crippen LogP contribution in [0.3, 0.4) is 0 Å². The predicted octanol–water partition coefficient (Wildman–Crippen LogP) is 3.02. The van der Waals surface area contributed by atoms with E-state index >= 15 is 0 Å². The third-order valence-corrected chi connectivity index (χ3v) is 5.60. The molecule has 9 heteroatoms. The number of rotatable bonds is 3. The molecule has 6 nitrogen and oxygen atoms in total. The van der Waals surface area contributed by atoms with Gasteiger partial charge in [0.1, 0.15) is 5.75 Å². The van der Waals surface area contributed by atoms with E-state index in [1.807, 2.05) is 0 Å². The minimum atomic E-state index is -4.53. The maximum atomic E-state index is 13.0. The van der Waals surface area contributed by atoms with Crippen molar-refractivity contribution < 1.29 is 23.1 Å². The number of anilines is 1. The summed E-state index contributed by atoms with van der Waals surface area (Å²) in [5.74, 6) is 0.652. The average molecular weight is 406 g/mol. The van der Waals surface area contributed by atoms with Gasteiger partial charge in [-0.2, -0.15) is 13.2 Å². The molecule has 29 heavy (non-hydrogen) atoms. The number of carbonyl (C=O) groups is 1. The zero-order chi connectivity index (χ0) is 20.9. The van der Waals surface area contributed by atoms with Crippen LogP contribution in [-0.4, -0.2) is 52.8 Å². The molecule has 1 saturated heterocycles. The summed E-state index contributed by atoms with van der Waals surface area (Å²) in [4.78, 5) is 15.6. The zero-order valence-electron chi connectivity index (χ0n) is 16.1. The maximum absolute atomic E-state index is 13.0. The summed E-state index contributed by atoms with van der Waals surface area (Å²) >= 11 is 0. The number of amides is 1. The van der Waals surface area contributed by atoms with Crippen LogP contribution in [0, 0.1) is 12.8 Å². The molecule has 2 aliphatic rings. The summed E-state index contributed by atoms with van der Waals surface area (Å²) in [6.07, 6.45) is -3.28. The Morgan fingerprint density at radius 2 is 2.00 bits per heavy atom. The number of hydrogen-bond acceptors (Lipinski definition) is 5. The number of phenolic OH excluding ortho intramolecular Hbond substituents is 1. The fraction of sp³-hybridized carbons (Fsp3) is 0.450. The molecular weight excluding hydrogens is 385 g/mol. The fourth-order valence-corrected chi connectivity index (χ4v) is 4.19. The number of alkyl halides is 3. The summed E-state index contributed by atoms with van der Waals surface area (Å²) < 4.78 is 38.9. The van der Waals surface area contributed by atoms with Crippen molar-refractivity contribution in [3.05, 3.63) is 34.9 Å². The van der Waals surface area contributed by atoms with Gasteiger partial charge in [-0.25, -0.2) is 0 Å². The number of halogens is 3. The molecule has 1 atom stereocenters. The Kier molecular flexibility index (Phi) is 4.63. The van der Waals surface area contributed by atoms with Crippen LogP contribution in [0.5, 0.6) is 5.75 Å². The van der Waals surface area contributed by atoms with E-state index in [0.717, 1.165) is 43.0 Å². The number of hydrogen-bond donors (Lipinski definition) is 1. The zero-order valence-corrected chi connectivity index (χ0v) is 16.1. The quantitative estimate of drug-likeness (QED) is 0.849. The first-order chi connectivity index (χ1) is 13.6. The normalized spacial score (nSPS) is 19.2. The third kappa shape index (κ3) is 3.61. The van der Waals surface area contributed by atoms with E-state index in [1.54, 1.807) is 18.0 Å². The number of phenols is 1. The van der Waals surface area contributed by atoms with Gasteiger partial charge in [-0.15, -0.1) is 10.2 Å². The highest BCUT2D eigenvalue weighted by atomic mass is 19.4. The van der Waals surface area contributed by atoms with Crippen molar-refractivity contribution in [3.63, 3.8) is 0 Å². The fourth-order valence-electron chi connectivity index (χ4n) is 4.19. The minimum absolute atomic E-state index is 0.143. The lowest BCUT2D eigenvalue weighted by atomic mass is 9.99. The Hall–Kier alpha value is -2.84. The number of nitrogens with zero attached hydrogens (tertiary/aromatic N) is 4. The minimum Gasteiger partial charge on any atom is -0.507 e. The van der Waals surface area contributed by atoms with Crippen LogP contribution in [-0.2, 0) is 17.4 Å². The lowest BCUT2D eigenvalue weighted by Gasteiger charge is -2.21. The van der Waals surface area contributed by atoms with E-state index in [-0.39, 0.29) is 23.0 Å². The van der Waals surface area contributed by atoms with E-state index in [9.17, 15) is 23.1 Å². The molecule has 0 aliphatic carbocycles. The number of aryl methyl sites for hydroxylation is 1. The molecule has 2 aromatic rings. The Morgan fingerprint density at radius 1 is 1.24 bits per heavy atom. The summed E-state index contributed by atoms with van der Waals surface area (Å²) in [6, 6.07) is 3.50. The first-order valence-electron chi connectivity index (χ1n) is 9.40. The second kappa shape index (κ2) is 6.89. The second-order valence-electron chi connectivity index (χ2n) is 7.80. The highest BCUT2D eigenvalue weighted by molar-refractivity contribution is 5.78. The lowest BCUT2D eigenvalue weighted by Crippen LogP contribution is -2.29. The van der Waals surface area contributed by atoms with Crippen LogP contribution in [0.25, 0.3) is 11.3 Å². The highest BCUT2D eigenvalue weighted by Crippen LogP contribution is 2.39. The molecule has 4 rings (SSSR count). The number of carbonyl (C=O) groups excluding carboxylic acids is 1. The average Bonchev–Trinajstić information content (AvgIpc) is 3.16. The molecular formula is C20H21F3N4O2. The van der Waals surface area contributed by atoms with Crippen molar-refractivity contribution in [2.45, 2.75) is 25.9 Å². The van der Waals surface area contributed by atoms with Crippen molar-refractivity contribution in [1.82, 2.24) is 15.1 Å². The van der Waals surface area contributed by atoms with Crippen LogP contribution in [0.2, 0.25) is 0 Å². The molecule has 0 spiro atoms. The largest absolute Gasteiger partial charge is 0.507 e. The Labute approximate surface area is 166 Å². The molecule has 0 radical (unpaired) electrons. The molecule has 1 aromatic carbocycles. The predicted molar refractivity (Wildman–Crippen MR) is 101 cm³/mol. The van der Waals surface area contributed by atoms with Gasteiger partial charge in [-0.05, 0) is 37.1 Å². The van der Waals surface area contributed by atoms with Gasteiger partial charge in [-0.1, -0.05) is 0 Å². The van der Waals surface area contributed by atoms with Gasteiger partial charge < -0.3 is 14.9 Å². The van der Waals surface area contributed by atoms with Crippen LogP contribution < -0.4 is 4.90 Å². The van der Waals surface area contributed by atoms with Crippen molar-refractivity contribution in [3.8, 4) is 17.0 Å². The Balaban J connectivity index is 1.59. The van der Waals surface area contributed by atoms with Crippen LogP contribution in [0.1, 0.15) is 23.1 Å². The third-order valence-electron chi connectivity index (χ3n) is 5.60. The van der Waals surface area contributed by atoms with Crippen molar-refractivity contribution in [2.24, 2.45) is 5.92 Å². The molecule has 0 unspecified atom stereocenters. The molecule has 1 fully saturated rings. The van der Waals surface area contributed by atoms with Crippen LogP contribution >= 0.6 is 0 Å². The number of likely N-dealkylation sites (tertiary alicyclic amines) is 1. The number of aromatic hydroxyl groups is 1. The van der Waals surface area contributed by atoms with Gasteiger partial charge in [0.05, 0.1) is 11.3 Å². The number of benzene rings is 1. The maximum Gasteiger partial charge on any atom is 0.416 e. The standard InChI is InChI=1S/C20H21F3N4O2/c1-11-5-14(20(21,22)23)8-16(28)18(11)15-7-13-3-4-27(19(13)25-24-15)10-12-6-17(29)26(2)9-12/h5,7-8,12,28H,3-4,6,9-10H2,1-2H3/t12-/m1/s1. The van der Waals surface area contributed by atoms with Gasteiger partial charge in [0.15, 0.2) is 5.82 Å².